The zero-order chi connectivity index (χ0) is 14.2. The van der Waals surface area contributed by atoms with Crippen molar-refractivity contribution in [3.05, 3.63) is 23.8 Å². The largest absolute Gasteiger partial charge is 0.490 e. The van der Waals surface area contributed by atoms with Crippen LogP contribution in [0.2, 0.25) is 0 Å². The fourth-order valence-electron chi connectivity index (χ4n) is 2.47. The highest BCUT2D eigenvalue weighted by Gasteiger charge is 2.10. The Labute approximate surface area is 122 Å². The summed E-state index contributed by atoms with van der Waals surface area (Å²) in [5, 5.41) is 3.38. The van der Waals surface area contributed by atoms with E-state index in [1.54, 1.807) is 0 Å². The van der Waals surface area contributed by atoms with Gasteiger partial charge in [0.15, 0.2) is 11.5 Å². The van der Waals surface area contributed by atoms with Gasteiger partial charge in [-0.15, -0.1) is 0 Å². The third-order valence-corrected chi connectivity index (χ3v) is 3.53. The standard InChI is InChI=1S/C16H26N2O2/c1-3-19-15-6-5-14(13-16(15)20-4-2)7-10-18-11-8-17-9-12-18/h5-6,13,17H,3-4,7-12H2,1-2H3. The van der Waals surface area contributed by atoms with Crippen LogP contribution in [0.15, 0.2) is 18.2 Å². The minimum absolute atomic E-state index is 0.667. The molecule has 1 fully saturated rings. The van der Waals surface area contributed by atoms with Crippen molar-refractivity contribution >= 4 is 0 Å². The number of rotatable bonds is 7. The monoisotopic (exact) mass is 278 g/mol. The first-order chi connectivity index (χ1) is 9.83. The summed E-state index contributed by atoms with van der Waals surface area (Å²) in [6, 6.07) is 6.30. The molecule has 1 aliphatic heterocycles. The highest BCUT2D eigenvalue weighted by Crippen LogP contribution is 2.28. The maximum atomic E-state index is 5.67. The predicted molar refractivity (Wildman–Crippen MR) is 81.8 cm³/mol. The highest BCUT2D eigenvalue weighted by molar-refractivity contribution is 5.43. The molecule has 20 heavy (non-hydrogen) atoms. The minimum atomic E-state index is 0.667. The molecule has 0 aromatic heterocycles. The molecule has 0 aliphatic carbocycles. The second-order valence-electron chi connectivity index (χ2n) is 4.99. The van der Waals surface area contributed by atoms with Crippen LogP contribution in [0.1, 0.15) is 19.4 Å². The van der Waals surface area contributed by atoms with E-state index < -0.39 is 0 Å². The lowest BCUT2D eigenvalue weighted by Gasteiger charge is -2.27. The van der Waals surface area contributed by atoms with E-state index >= 15 is 0 Å². The average Bonchev–Trinajstić information content (AvgIpc) is 2.49. The van der Waals surface area contributed by atoms with E-state index in [2.05, 4.69) is 22.3 Å². The Hall–Kier alpha value is -1.26. The molecule has 0 bridgehead atoms. The van der Waals surface area contributed by atoms with Crippen molar-refractivity contribution < 1.29 is 9.47 Å². The van der Waals surface area contributed by atoms with Gasteiger partial charge in [0.25, 0.3) is 0 Å². The van der Waals surface area contributed by atoms with Crippen LogP contribution >= 0.6 is 0 Å². The van der Waals surface area contributed by atoms with Gasteiger partial charge >= 0.3 is 0 Å². The average molecular weight is 278 g/mol. The van der Waals surface area contributed by atoms with E-state index in [-0.39, 0.29) is 0 Å². The molecule has 4 nitrogen and oxygen atoms in total. The van der Waals surface area contributed by atoms with Crippen molar-refractivity contribution in [3.8, 4) is 11.5 Å². The van der Waals surface area contributed by atoms with Crippen molar-refractivity contribution in [2.24, 2.45) is 0 Å². The highest BCUT2D eigenvalue weighted by atomic mass is 16.5. The molecule has 0 saturated carbocycles. The zero-order valence-electron chi connectivity index (χ0n) is 12.7. The first kappa shape index (κ1) is 15.1. The molecule has 1 heterocycles. The Morgan fingerprint density at radius 3 is 2.45 bits per heavy atom. The molecule has 1 aliphatic rings. The summed E-state index contributed by atoms with van der Waals surface area (Å²) < 4.78 is 11.3. The number of nitrogens with zero attached hydrogens (tertiary/aromatic N) is 1. The number of piperazine rings is 1. The smallest absolute Gasteiger partial charge is 0.161 e. The van der Waals surface area contributed by atoms with Crippen molar-refractivity contribution in [1.82, 2.24) is 10.2 Å². The van der Waals surface area contributed by atoms with Crippen molar-refractivity contribution in [2.45, 2.75) is 20.3 Å². The number of hydrogen-bond donors (Lipinski definition) is 1. The molecule has 2 rings (SSSR count). The van der Waals surface area contributed by atoms with E-state index in [1.807, 2.05) is 19.9 Å². The van der Waals surface area contributed by atoms with E-state index in [4.69, 9.17) is 9.47 Å². The summed E-state index contributed by atoms with van der Waals surface area (Å²) in [5.74, 6) is 1.72. The van der Waals surface area contributed by atoms with Crippen LogP contribution < -0.4 is 14.8 Å². The van der Waals surface area contributed by atoms with Crippen molar-refractivity contribution in [2.75, 3.05) is 45.9 Å². The summed E-state index contributed by atoms with van der Waals surface area (Å²) in [4.78, 5) is 2.51. The van der Waals surface area contributed by atoms with Crippen molar-refractivity contribution in [3.63, 3.8) is 0 Å². The van der Waals surface area contributed by atoms with Gasteiger partial charge in [-0.05, 0) is 38.0 Å². The second-order valence-corrected chi connectivity index (χ2v) is 4.99. The second kappa shape index (κ2) is 8.12. The van der Waals surface area contributed by atoms with Crippen LogP contribution in [0.25, 0.3) is 0 Å². The van der Waals surface area contributed by atoms with Crippen LogP contribution in [-0.4, -0.2) is 50.8 Å². The molecule has 112 valence electrons. The van der Waals surface area contributed by atoms with Gasteiger partial charge in [0.1, 0.15) is 0 Å². The van der Waals surface area contributed by atoms with E-state index in [0.29, 0.717) is 13.2 Å². The van der Waals surface area contributed by atoms with Crippen LogP contribution in [-0.2, 0) is 6.42 Å². The van der Waals surface area contributed by atoms with Gasteiger partial charge in [0.2, 0.25) is 0 Å². The van der Waals surface area contributed by atoms with E-state index in [0.717, 1.165) is 50.6 Å². The molecule has 1 aromatic carbocycles. The Balaban J connectivity index is 1.94. The molecule has 1 saturated heterocycles. The molecule has 1 N–H and O–H groups in total. The maximum Gasteiger partial charge on any atom is 0.161 e. The van der Waals surface area contributed by atoms with Gasteiger partial charge in [-0.25, -0.2) is 0 Å². The van der Waals surface area contributed by atoms with Crippen LogP contribution in [0.4, 0.5) is 0 Å². The van der Waals surface area contributed by atoms with Gasteiger partial charge < -0.3 is 19.7 Å². The minimum Gasteiger partial charge on any atom is -0.490 e. The molecule has 0 unspecified atom stereocenters. The Bertz CT molecular complexity index is 403. The maximum absolute atomic E-state index is 5.67. The van der Waals surface area contributed by atoms with E-state index in [9.17, 15) is 0 Å². The molecule has 0 spiro atoms. The van der Waals surface area contributed by atoms with Gasteiger partial charge in [0, 0.05) is 32.7 Å². The third-order valence-electron chi connectivity index (χ3n) is 3.53. The van der Waals surface area contributed by atoms with Gasteiger partial charge in [-0.1, -0.05) is 6.07 Å². The predicted octanol–water partition coefficient (Wildman–Crippen LogP) is 1.93. The molecule has 0 atom stereocenters. The number of nitrogens with one attached hydrogen (secondary N) is 1. The summed E-state index contributed by atoms with van der Waals surface area (Å²) in [5.41, 5.74) is 1.32. The summed E-state index contributed by atoms with van der Waals surface area (Å²) in [7, 11) is 0. The van der Waals surface area contributed by atoms with E-state index in [1.165, 1.54) is 5.56 Å². The lowest BCUT2D eigenvalue weighted by Crippen LogP contribution is -2.44. The van der Waals surface area contributed by atoms with Crippen LogP contribution in [0, 0.1) is 0 Å². The SMILES string of the molecule is CCOc1ccc(CCN2CCNCC2)cc1OCC. The fraction of sp³-hybridized carbons (Fsp3) is 0.625. The van der Waals surface area contributed by atoms with Gasteiger partial charge in [-0.2, -0.15) is 0 Å². The van der Waals surface area contributed by atoms with Gasteiger partial charge in [-0.3, -0.25) is 0 Å². The van der Waals surface area contributed by atoms with Gasteiger partial charge in [0.05, 0.1) is 13.2 Å². The Morgan fingerprint density at radius 2 is 1.75 bits per heavy atom. The topological polar surface area (TPSA) is 33.7 Å². The Kier molecular flexibility index (Phi) is 6.15. The Morgan fingerprint density at radius 1 is 1.05 bits per heavy atom. The zero-order valence-corrected chi connectivity index (χ0v) is 12.7. The molecular formula is C16H26N2O2. The normalized spacial score (nSPS) is 16.1. The summed E-state index contributed by atoms with van der Waals surface area (Å²) in [6.07, 6.45) is 1.06. The first-order valence-electron chi connectivity index (χ1n) is 7.65. The lowest BCUT2D eigenvalue weighted by atomic mass is 10.1. The lowest BCUT2D eigenvalue weighted by molar-refractivity contribution is 0.243. The van der Waals surface area contributed by atoms with Crippen LogP contribution in [0.3, 0.4) is 0 Å². The van der Waals surface area contributed by atoms with Crippen LogP contribution in [0.5, 0.6) is 11.5 Å². The molecular weight excluding hydrogens is 252 g/mol. The first-order valence-corrected chi connectivity index (χ1v) is 7.65. The number of ether oxygens (including phenoxy) is 2. The molecule has 0 amide bonds. The molecule has 1 aromatic rings. The summed E-state index contributed by atoms with van der Waals surface area (Å²) >= 11 is 0. The third kappa shape index (κ3) is 4.39. The fourth-order valence-corrected chi connectivity index (χ4v) is 2.47. The molecule has 0 radical (unpaired) electrons. The van der Waals surface area contributed by atoms with Crippen molar-refractivity contribution in [1.29, 1.82) is 0 Å². The molecule has 4 heteroatoms. The quantitative estimate of drug-likeness (QED) is 0.826. The number of hydrogen-bond acceptors (Lipinski definition) is 4. The number of benzene rings is 1. The summed E-state index contributed by atoms with van der Waals surface area (Å²) in [6.45, 7) is 10.9.